The normalized spacial score (nSPS) is 27.8. The van der Waals surface area contributed by atoms with Crippen LogP contribution in [0.1, 0.15) is 38.5 Å². The van der Waals surface area contributed by atoms with Crippen LogP contribution in [0.25, 0.3) is 0 Å². The zero-order valence-corrected chi connectivity index (χ0v) is 12.3. The second-order valence-electron chi connectivity index (χ2n) is 6.39. The number of nitrogens with one attached hydrogen (secondary N) is 1. The largest absolute Gasteiger partial charge is 0.314 e. The van der Waals surface area contributed by atoms with Crippen LogP contribution in [-0.2, 0) is 0 Å². The lowest BCUT2D eigenvalue weighted by Gasteiger charge is -2.34. The standard InChI is InChI=1S/C15H31N3/c1-17(13-14-6-4-3-5-7-14)10-8-15-12-16-9-11-18(15)2/h14-16H,3-13H2,1-2H3. The van der Waals surface area contributed by atoms with Crippen LogP contribution in [0.15, 0.2) is 0 Å². The van der Waals surface area contributed by atoms with Crippen LogP contribution in [-0.4, -0.2) is 62.7 Å². The van der Waals surface area contributed by atoms with Crippen LogP contribution in [0.3, 0.4) is 0 Å². The van der Waals surface area contributed by atoms with Gasteiger partial charge in [-0.1, -0.05) is 19.3 Å². The number of likely N-dealkylation sites (N-methyl/N-ethyl adjacent to an activating group) is 1. The highest BCUT2D eigenvalue weighted by atomic mass is 15.2. The van der Waals surface area contributed by atoms with E-state index < -0.39 is 0 Å². The monoisotopic (exact) mass is 253 g/mol. The van der Waals surface area contributed by atoms with Gasteiger partial charge in [0.2, 0.25) is 0 Å². The molecule has 2 fully saturated rings. The molecule has 1 N–H and O–H groups in total. The van der Waals surface area contributed by atoms with E-state index >= 15 is 0 Å². The van der Waals surface area contributed by atoms with Gasteiger partial charge in [0.1, 0.15) is 0 Å². The van der Waals surface area contributed by atoms with Crippen LogP contribution in [0.5, 0.6) is 0 Å². The highest BCUT2D eigenvalue weighted by Gasteiger charge is 2.20. The van der Waals surface area contributed by atoms with Crippen molar-refractivity contribution in [3.63, 3.8) is 0 Å². The molecule has 1 atom stereocenters. The van der Waals surface area contributed by atoms with E-state index in [0.717, 1.165) is 18.5 Å². The summed E-state index contributed by atoms with van der Waals surface area (Å²) in [5, 5.41) is 3.51. The molecule has 0 amide bonds. The van der Waals surface area contributed by atoms with Gasteiger partial charge < -0.3 is 15.1 Å². The summed E-state index contributed by atoms with van der Waals surface area (Å²) >= 11 is 0. The van der Waals surface area contributed by atoms with E-state index in [9.17, 15) is 0 Å². The van der Waals surface area contributed by atoms with E-state index in [0.29, 0.717) is 0 Å². The SMILES string of the molecule is CN(CCC1CNCCN1C)CC1CCCCC1. The molecule has 3 heteroatoms. The molecule has 1 saturated heterocycles. The van der Waals surface area contributed by atoms with E-state index in [4.69, 9.17) is 0 Å². The molecule has 3 nitrogen and oxygen atoms in total. The first kappa shape index (κ1) is 14.3. The van der Waals surface area contributed by atoms with Crippen LogP contribution < -0.4 is 5.32 Å². The fourth-order valence-corrected chi connectivity index (χ4v) is 3.46. The van der Waals surface area contributed by atoms with E-state index in [1.54, 1.807) is 0 Å². The van der Waals surface area contributed by atoms with Crippen LogP contribution >= 0.6 is 0 Å². The summed E-state index contributed by atoms with van der Waals surface area (Å²) in [6.45, 7) is 6.12. The van der Waals surface area contributed by atoms with E-state index in [1.165, 1.54) is 64.7 Å². The number of rotatable bonds is 5. The van der Waals surface area contributed by atoms with Crippen LogP contribution in [0.4, 0.5) is 0 Å². The third kappa shape index (κ3) is 4.52. The quantitative estimate of drug-likeness (QED) is 0.806. The van der Waals surface area contributed by atoms with Gasteiger partial charge in [0, 0.05) is 32.2 Å². The van der Waals surface area contributed by atoms with Gasteiger partial charge in [-0.3, -0.25) is 0 Å². The second-order valence-corrected chi connectivity index (χ2v) is 6.39. The third-order valence-electron chi connectivity index (χ3n) is 4.78. The molecule has 1 saturated carbocycles. The molecule has 106 valence electrons. The van der Waals surface area contributed by atoms with Crippen molar-refractivity contribution in [2.24, 2.45) is 5.92 Å². The Morgan fingerprint density at radius 2 is 2.00 bits per heavy atom. The predicted octanol–water partition coefficient (Wildman–Crippen LogP) is 1.79. The highest BCUT2D eigenvalue weighted by molar-refractivity contribution is 4.78. The molecule has 0 radical (unpaired) electrons. The maximum Gasteiger partial charge on any atom is 0.0230 e. The molecule has 1 unspecified atom stereocenters. The molecule has 2 rings (SSSR count). The maximum absolute atomic E-state index is 3.51. The molecule has 1 heterocycles. The van der Waals surface area contributed by atoms with Crippen LogP contribution in [0, 0.1) is 5.92 Å². The Balaban J connectivity index is 1.62. The van der Waals surface area contributed by atoms with Crippen molar-refractivity contribution in [1.29, 1.82) is 0 Å². The lowest BCUT2D eigenvalue weighted by atomic mass is 9.89. The molecule has 1 aliphatic carbocycles. The van der Waals surface area contributed by atoms with Gasteiger partial charge in [-0.2, -0.15) is 0 Å². The fourth-order valence-electron chi connectivity index (χ4n) is 3.46. The number of hydrogen-bond acceptors (Lipinski definition) is 3. The average Bonchev–Trinajstić information content (AvgIpc) is 2.39. The Bertz CT molecular complexity index is 226. The van der Waals surface area contributed by atoms with Gasteiger partial charge >= 0.3 is 0 Å². The smallest absolute Gasteiger partial charge is 0.0230 e. The fraction of sp³-hybridized carbons (Fsp3) is 1.00. The minimum absolute atomic E-state index is 0.743. The van der Waals surface area contributed by atoms with Crippen molar-refractivity contribution < 1.29 is 0 Å². The molecule has 0 spiro atoms. The van der Waals surface area contributed by atoms with E-state index in [1.807, 2.05) is 0 Å². The Hall–Kier alpha value is -0.120. The molecular formula is C15H31N3. The maximum atomic E-state index is 3.51. The summed E-state index contributed by atoms with van der Waals surface area (Å²) in [5.41, 5.74) is 0. The second kappa shape index (κ2) is 7.46. The van der Waals surface area contributed by atoms with E-state index in [-0.39, 0.29) is 0 Å². The zero-order valence-electron chi connectivity index (χ0n) is 12.3. The number of hydrogen-bond donors (Lipinski definition) is 1. The van der Waals surface area contributed by atoms with Crippen molar-refractivity contribution in [3.8, 4) is 0 Å². The van der Waals surface area contributed by atoms with Crippen LogP contribution in [0.2, 0.25) is 0 Å². The Morgan fingerprint density at radius 3 is 2.72 bits per heavy atom. The molecule has 2 aliphatic rings. The van der Waals surface area contributed by atoms with E-state index in [2.05, 4.69) is 29.2 Å². The topological polar surface area (TPSA) is 18.5 Å². The minimum atomic E-state index is 0.743. The minimum Gasteiger partial charge on any atom is -0.314 e. The van der Waals surface area contributed by atoms with Gasteiger partial charge in [-0.15, -0.1) is 0 Å². The summed E-state index contributed by atoms with van der Waals surface area (Å²) in [6, 6.07) is 0.743. The predicted molar refractivity (Wildman–Crippen MR) is 78.0 cm³/mol. The number of nitrogens with zero attached hydrogens (tertiary/aromatic N) is 2. The Labute approximate surface area is 113 Å². The van der Waals surface area contributed by atoms with Crippen molar-refractivity contribution in [2.45, 2.75) is 44.6 Å². The first-order valence-corrected chi connectivity index (χ1v) is 7.85. The first-order valence-electron chi connectivity index (χ1n) is 7.85. The molecule has 0 aromatic carbocycles. The molecule has 18 heavy (non-hydrogen) atoms. The lowest BCUT2D eigenvalue weighted by Crippen LogP contribution is -2.50. The van der Waals surface area contributed by atoms with Crippen molar-refractivity contribution in [1.82, 2.24) is 15.1 Å². The summed E-state index contributed by atoms with van der Waals surface area (Å²) in [7, 11) is 4.58. The molecular weight excluding hydrogens is 222 g/mol. The third-order valence-corrected chi connectivity index (χ3v) is 4.78. The molecule has 1 aliphatic heterocycles. The summed E-state index contributed by atoms with van der Waals surface area (Å²) in [6.07, 6.45) is 8.65. The number of piperazine rings is 1. The average molecular weight is 253 g/mol. The molecule has 0 aromatic rings. The Kier molecular flexibility index (Phi) is 5.93. The summed E-state index contributed by atoms with van der Waals surface area (Å²) in [4.78, 5) is 5.09. The highest BCUT2D eigenvalue weighted by Crippen LogP contribution is 2.24. The van der Waals surface area contributed by atoms with Crippen molar-refractivity contribution in [2.75, 3.05) is 46.8 Å². The molecule has 0 bridgehead atoms. The first-order chi connectivity index (χ1) is 8.75. The summed E-state index contributed by atoms with van der Waals surface area (Å²) in [5.74, 6) is 0.978. The summed E-state index contributed by atoms with van der Waals surface area (Å²) < 4.78 is 0. The van der Waals surface area contributed by atoms with Gasteiger partial charge in [0.15, 0.2) is 0 Å². The van der Waals surface area contributed by atoms with Crippen molar-refractivity contribution in [3.05, 3.63) is 0 Å². The Morgan fingerprint density at radius 1 is 1.22 bits per heavy atom. The lowest BCUT2D eigenvalue weighted by molar-refractivity contribution is 0.162. The zero-order chi connectivity index (χ0) is 12.8. The molecule has 0 aromatic heterocycles. The van der Waals surface area contributed by atoms with Gasteiger partial charge in [0.25, 0.3) is 0 Å². The van der Waals surface area contributed by atoms with Gasteiger partial charge in [0.05, 0.1) is 0 Å². The van der Waals surface area contributed by atoms with Gasteiger partial charge in [-0.05, 0) is 45.8 Å². The van der Waals surface area contributed by atoms with Gasteiger partial charge in [-0.25, -0.2) is 0 Å². The van der Waals surface area contributed by atoms with Crippen molar-refractivity contribution >= 4 is 0 Å².